The van der Waals surface area contributed by atoms with E-state index in [9.17, 15) is 9.59 Å². The number of nitrogens with zero attached hydrogens (tertiary/aromatic N) is 4. The molecule has 3 heterocycles. The average Bonchev–Trinajstić information content (AvgIpc) is 3.00. The minimum Gasteiger partial charge on any atom is -0.448 e. The van der Waals surface area contributed by atoms with Crippen LogP contribution in [0.15, 0.2) is 18.3 Å². The summed E-state index contributed by atoms with van der Waals surface area (Å²) in [6.07, 6.45) is 1.35. The van der Waals surface area contributed by atoms with Gasteiger partial charge in [0.15, 0.2) is 0 Å². The predicted octanol–water partition coefficient (Wildman–Crippen LogP) is 0.404. The summed E-state index contributed by atoms with van der Waals surface area (Å²) >= 11 is 0. The van der Waals surface area contributed by atoms with Crippen molar-refractivity contribution in [3.8, 4) is 0 Å². The zero-order valence-electron chi connectivity index (χ0n) is 14.8. The van der Waals surface area contributed by atoms with Crippen molar-refractivity contribution in [3.05, 3.63) is 23.9 Å². The largest absolute Gasteiger partial charge is 0.448 e. The fraction of sp³-hybridized carbons (Fsp3) is 0.588. The summed E-state index contributed by atoms with van der Waals surface area (Å²) in [6.45, 7) is 7.10. The van der Waals surface area contributed by atoms with Crippen molar-refractivity contribution in [1.82, 2.24) is 20.1 Å². The lowest BCUT2D eigenvalue weighted by Crippen LogP contribution is -2.45. The quantitative estimate of drug-likeness (QED) is 0.831. The van der Waals surface area contributed by atoms with E-state index < -0.39 is 0 Å². The molecule has 1 unspecified atom stereocenters. The Hall–Kier alpha value is -2.35. The fourth-order valence-corrected chi connectivity index (χ4v) is 3.04. The second kappa shape index (κ2) is 7.69. The molecule has 0 aromatic carbocycles. The number of cyclic esters (lactones) is 1. The zero-order valence-corrected chi connectivity index (χ0v) is 14.8. The molecule has 8 heteroatoms. The normalized spacial score (nSPS) is 19.7. The van der Waals surface area contributed by atoms with Crippen LogP contribution in [0.1, 0.15) is 17.3 Å². The van der Waals surface area contributed by atoms with Crippen LogP contribution in [0.5, 0.6) is 0 Å². The number of anilines is 1. The molecule has 3 rings (SSSR count). The number of rotatable bonds is 5. The molecule has 1 aromatic heterocycles. The molecule has 2 aliphatic heterocycles. The zero-order chi connectivity index (χ0) is 17.8. The molecule has 8 nitrogen and oxygen atoms in total. The van der Waals surface area contributed by atoms with Gasteiger partial charge in [-0.2, -0.15) is 0 Å². The molecule has 1 N–H and O–H groups in total. The third-order valence-electron chi connectivity index (χ3n) is 4.55. The van der Waals surface area contributed by atoms with Crippen LogP contribution in [-0.4, -0.2) is 85.7 Å². The number of hydrogen-bond acceptors (Lipinski definition) is 6. The minimum absolute atomic E-state index is 0.154. The molecule has 136 valence electrons. The van der Waals surface area contributed by atoms with Crippen LogP contribution in [0, 0.1) is 0 Å². The van der Waals surface area contributed by atoms with Gasteiger partial charge in [0.2, 0.25) is 0 Å². The Balaban J connectivity index is 1.58. The Labute approximate surface area is 147 Å². The van der Waals surface area contributed by atoms with Crippen molar-refractivity contribution in [2.75, 3.05) is 57.8 Å². The number of hydrogen-bond donors (Lipinski definition) is 1. The van der Waals surface area contributed by atoms with E-state index in [2.05, 4.69) is 27.1 Å². The van der Waals surface area contributed by atoms with E-state index in [0.717, 1.165) is 32.0 Å². The molecule has 0 saturated carbocycles. The molecule has 2 aliphatic rings. The van der Waals surface area contributed by atoms with Crippen molar-refractivity contribution >= 4 is 17.8 Å². The average molecular weight is 347 g/mol. The second-order valence-corrected chi connectivity index (χ2v) is 6.63. The topological polar surface area (TPSA) is 78.0 Å². The van der Waals surface area contributed by atoms with Gasteiger partial charge in [-0.25, -0.2) is 9.78 Å². The van der Waals surface area contributed by atoms with E-state index >= 15 is 0 Å². The highest BCUT2D eigenvalue weighted by Gasteiger charge is 2.24. The van der Waals surface area contributed by atoms with Gasteiger partial charge in [-0.3, -0.25) is 4.79 Å². The van der Waals surface area contributed by atoms with Gasteiger partial charge < -0.3 is 24.8 Å². The molecule has 0 aliphatic carbocycles. The number of amides is 2. The van der Waals surface area contributed by atoms with E-state index in [4.69, 9.17) is 4.74 Å². The summed E-state index contributed by atoms with van der Waals surface area (Å²) in [6, 6.07) is 3.39. The van der Waals surface area contributed by atoms with Gasteiger partial charge in [0, 0.05) is 50.5 Å². The minimum atomic E-state index is -0.317. The summed E-state index contributed by atoms with van der Waals surface area (Å²) in [4.78, 5) is 34.5. The number of nitrogens with one attached hydrogen (secondary N) is 1. The summed E-state index contributed by atoms with van der Waals surface area (Å²) in [5.74, 6) is 0.675. The van der Waals surface area contributed by atoms with Crippen molar-refractivity contribution in [2.24, 2.45) is 0 Å². The van der Waals surface area contributed by atoms with Crippen LogP contribution >= 0.6 is 0 Å². The van der Waals surface area contributed by atoms with Gasteiger partial charge in [-0.05, 0) is 26.1 Å². The SMILES string of the molecule is CC(CN1CCOC1=O)NC(=O)c1ccnc(N2CCN(C)CC2)c1. The molecule has 2 saturated heterocycles. The first-order valence-electron chi connectivity index (χ1n) is 8.65. The molecule has 2 fully saturated rings. The maximum absolute atomic E-state index is 12.5. The van der Waals surface area contributed by atoms with Crippen LogP contribution in [0.25, 0.3) is 0 Å². The van der Waals surface area contributed by atoms with Crippen molar-refractivity contribution in [3.63, 3.8) is 0 Å². The molecular weight excluding hydrogens is 322 g/mol. The van der Waals surface area contributed by atoms with Gasteiger partial charge in [0.1, 0.15) is 12.4 Å². The molecule has 0 radical (unpaired) electrons. The van der Waals surface area contributed by atoms with Crippen LogP contribution in [0.4, 0.5) is 10.6 Å². The third-order valence-corrected chi connectivity index (χ3v) is 4.55. The molecule has 2 amide bonds. The number of piperazine rings is 1. The van der Waals surface area contributed by atoms with Gasteiger partial charge in [0.05, 0.1) is 6.54 Å². The van der Waals surface area contributed by atoms with Gasteiger partial charge in [0.25, 0.3) is 5.91 Å². The number of likely N-dealkylation sites (N-methyl/N-ethyl adjacent to an activating group) is 1. The summed E-state index contributed by atoms with van der Waals surface area (Å²) in [5, 5.41) is 2.94. The van der Waals surface area contributed by atoms with Crippen LogP contribution in [0.3, 0.4) is 0 Å². The maximum atomic E-state index is 12.5. The third kappa shape index (κ3) is 4.39. The fourth-order valence-electron chi connectivity index (χ4n) is 3.04. The smallest absolute Gasteiger partial charge is 0.410 e. The second-order valence-electron chi connectivity index (χ2n) is 6.63. The Kier molecular flexibility index (Phi) is 5.37. The van der Waals surface area contributed by atoms with E-state index in [-0.39, 0.29) is 18.0 Å². The number of carbonyl (C=O) groups is 2. The van der Waals surface area contributed by atoms with Gasteiger partial charge >= 0.3 is 6.09 Å². The number of carbonyl (C=O) groups excluding carboxylic acids is 2. The first kappa shape index (κ1) is 17.5. The highest BCUT2D eigenvalue weighted by Crippen LogP contribution is 2.15. The predicted molar refractivity (Wildman–Crippen MR) is 93.8 cm³/mol. The maximum Gasteiger partial charge on any atom is 0.410 e. The van der Waals surface area contributed by atoms with Crippen LogP contribution in [-0.2, 0) is 4.74 Å². The Morgan fingerprint density at radius 3 is 2.76 bits per heavy atom. The summed E-state index contributed by atoms with van der Waals surface area (Å²) in [7, 11) is 2.10. The van der Waals surface area contributed by atoms with Gasteiger partial charge in [-0.15, -0.1) is 0 Å². The van der Waals surface area contributed by atoms with Crippen LogP contribution in [0.2, 0.25) is 0 Å². The molecule has 0 spiro atoms. The van der Waals surface area contributed by atoms with E-state index in [1.165, 1.54) is 0 Å². The molecule has 25 heavy (non-hydrogen) atoms. The van der Waals surface area contributed by atoms with Crippen molar-refractivity contribution in [2.45, 2.75) is 13.0 Å². The number of ether oxygens (including phenoxy) is 1. The lowest BCUT2D eigenvalue weighted by molar-refractivity contribution is 0.0930. The summed E-state index contributed by atoms with van der Waals surface area (Å²) < 4.78 is 4.90. The summed E-state index contributed by atoms with van der Waals surface area (Å²) in [5.41, 5.74) is 0.583. The molecular formula is C17H25N5O3. The van der Waals surface area contributed by atoms with Crippen molar-refractivity contribution in [1.29, 1.82) is 0 Å². The lowest BCUT2D eigenvalue weighted by Gasteiger charge is -2.33. The van der Waals surface area contributed by atoms with Crippen LogP contribution < -0.4 is 10.2 Å². The Bertz CT molecular complexity index is 630. The molecule has 1 atom stereocenters. The first-order valence-corrected chi connectivity index (χ1v) is 8.65. The first-order chi connectivity index (χ1) is 12.0. The van der Waals surface area contributed by atoms with E-state index in [0.29, 0.717) is 25.3 Å². The lowest BCUT2D eigenvalue weighted by atomic mass is 10.2. The number of aromatic nitrogens is 1. The van der Waals surface area contributed by atoms with E-state index in [1.807, 2.05) is 13.0 Å². The van der Waals surface area contributed by atoms with Gasteiger partial charge in [-0.1, -0.05) is 0 Å². The number of pyridine rings is 1. The van der Waals surface area contributed by atoms with Crippen molar-refractivity contribution < 1.29 is 14.3 Å². The Morgan fingerprint density at radius 2 is 2.08 bits per heavy atom. The van der Waals surface area contributed by atoms with E-state index in [1.54, 1.807) is 17.2 Å². The highest BCUT2D eigenvalue weighted by molar-refractivity contribution is 5.95. The molecule has 0 bridgehead atoms. The molecule has 1 aromatic rings. The monoisotopic (exact) mass is 347 g/mol. The standard InChI is InChI=1S/C17H25N5O3/c1-13(12-22-9-10-25-17(22)24)19-16(23)14-3-4-18-15(11-14)21-7-5-20(2)6-8-21/h3-4,11,13H,5-10,12H2,1-2H3,(H,19,23). The Morgan fingerprint density at radius 1 is 1.32 bits per heavy atom. The highest BCUT2D eigenvalue weighted by atomic mass is 16.6.